The molecule has 6 atom stereocenters. The lowest BCUT2D eigenvalue weighted by Gasteiger charge is -2.26. The molecule has 7 rings (SSSR count). The number of hydrogen-bond donors (Lipinski definition) is 3. The summed E-state index contributed by atoms with van der Waals surface area (Å²) in [5, 5.41) is 33.1. The number of aryl methyl sites for hydroxylation is 3. The van der Waals surface area contributed by atoms with Gasteiger partial charge in [0, 0.05) is 54.0 Å². The van der Waals surface area contributed by atoms with E-state index < -0.39 is 0 Å². The van der Waals surface area contributed by atoms with Crippen molar-refractivity contribution in [1.82, 2.24) is 0 Å². The average Bonchev–Trinajstić information content (AvgIpc) is 3.18. The predicted molar refractivity (Wildman–Crippen MR) is 222 cm³/mol. The minimum absolute atomic E-state index is 0.00412. The molecule has 3 N–H and O–H groups in total. The highest BCUT2D eigenvalue weighted by Crippen LogP contribution is 2.30. The Morgan fingerprint density at radius 3 is 0.815 bits per heavy atom. The lowest BCUT2D eigenvalue weighted by atomic mass is 9.91. The Morgan fingerprint density at radius 1 is 0.352 bits per heavy atom. The molecule has 9 nitrogen and oxygen atoms in total. The van der Waals surface area contributed by atoms with Crippen molar-refractivity contribution in [1.29, 1.82) is 0 Å². The Kier molecular flexibility index (Phi) is 11.8. The summed E-state index contributed by atoms with van der Waals surface area (Å²) in [6, 6.07) is 11.8. The highest BCUT2D eigenvalue weighted by molar-refractivity contribution is 5.92. The van der Waals surface area contributed by atoms with Gasteiger partial charge >= 0.3 is 0 Å². The summed E-state index contributed by atoms with van der Waals surface area (Å²) in [6.45, 7) is 5.73. The van der Waals surface area contributed by atoms with Gasteiger partial charge in [0.1, 0.15) is 17.2 Å². The van der Waals surface area contributed by atoms with Crippen LogP contribution in [-0.4, -0.2) is 88.9 Å². The van der Waals surface area contributed by atoms with Crippen molar-refractivity contribution in [3.63, 3.8) is 0 Å². The van der Waals surface area contributed by atoms with Gasteiger partial charge in [-0.25, -0.2) is 0 Å². The zero-order valence-corrected chi connectivity index (χ0v) is 31.9. The smallest absolute Gasteiger partial charge is 0.127 e. The number of fused-ring (bicyclic) bond motifs is 9. The summed E-state index contributed by atoms with van der Waals surface area (Å²) in [5.41, 5.74) is 7.09. The summed E-state index contributed by atoms with van der Waals surface area (Å²) in [4.78, 5) is 30.2. The van der Waals surface area contributed by atoms with Gasteiger partial charge in [-0.1, -0.05) is 38.5 Å². The van der Waals surface area contributed by atoms with Gasteiger partial charge in [0.05, 0.1) is 36.3 Å². The number of aliphatic imine (C=N–C) groups is 6. The van der Waals surface area contributed by atoms with Crippen LogP contribution >= 0.6 is 0 Å². The first-order valence-electron chi connectivity index (χ1n) is 19.9. The molecule has 1 heterocycles. The van der Waals surface area contributed by atoms with Crippen LogP contribution in [0.4, 0.5) is 0 Å². The largest absolute Gasteiger partial charge is 0.507 e. The molecule has 3 saturated carbocycles. The maximum absolute atomic E-state index is 11.0. The number of aromatic hydroxyl groups is 3. The fraction of sp³-hybridized carbons (Fsp3) is 0.467. The van der Waals surface area contributed by atoms with Gasteiger partial charge in [-0.2, -0.15) is 0 Å². The fourth-order valence-electron chi connectivity index (χ4n) is 8.42. The van der Waals surface area contributed by atoms with E-state index in [2.05, 4.69) is 0 Å². The Labute approximate surface area is 319 Å². The molecule has 0 unspecified atom stereocenters. The fourth-order valence-corrected chi connectivity index (χ4v) is 8.42. The van der Waals surface area contributed by atoms with Crippen LogP contribution < -0.4 is 0 Å². The van der Waals surface area contributed by atoms with E-state index >= 15 is 0 Å². The molecule has 6 bridgehead atoms. The Bertz CT molecular complexity index is 2010. The summed E-state index contributed by atoms with van der Waals surface area (Å²) in [7, 11) is 0. The molecule has 0 spiro atoms. The van der Waals surface area contributed by atoms with Crippen LogP contribution in [0.3, 0.4) is 0 Å². The summed E-state index contributed by atoms with van der Waals surface area (Å²) in [6.07, 6.45) is 23.4. The number of benzene rings is 3. The van der Waals surface area contributed by atoms with Crippen molar-refractivity contribution < 1.29 is 15.3 Å². The number of hydrogen-bond acceptors (Lipinski definition) is 9. The van der Waals surface area contributed by atoms with E-state index in [1.54, 1.807) is 12.4 Å². The predicted octanol–water partition coefficient (Wildman–Crippen LogP) is 8.59. The van der Waals surface area contributed by atoms with Crippen molar-refractivity contribution in [3.05, 3.63) is 86.5 Å². The molecular weight excluding hydrogens is 673 g/mol. The summed E-state index contributed by atoms with van der Waals surface area (Å²) in [5.74, 6) is 0.678. The van der Waals surface area contributed by atoms with Gasteiger partial charge in [-0.15, -0.1) is 0 Å². The van der Waals surface area contributed by atoms with Gasteiger partial charge in [-0.3, -0.25) is 30.0 Å². The lowest BCUT2D eigenvalue weighted by Crippen LogP contribution is -2.27. The van der Waals surface area contributed by atoms with Crippen molar-refractivity contribution in [2.75, 3.05) is 0 Å². The van der Waals surface area contributed by atoms with Crippen LogP contribution in [0.5, 0.6) is 17.2 Å². The first-order valence-corrected chi connectivity index (χ1v) is 19.9. The van der Waals surface area contributed by atoms with E-state index in [0.29, 0.717) is 16.7 Å². The van der Waals surface area contributed by atoms with Crippen molar-refractivity contribution in [3.8, 4) is 17.2 Å². The van der Waals surface area contributed by atoms with Crippen molar-refractivity contribution in [2.45, 2.75) is 134 Å². The third-order valence-corrected chi connectivity index (χ3v) is 11.6. The quantitative estimate of drug-likeness (QED) is 0.214. The van der Waals surface area contributed by atoms with Crippen LogP contribution in [0.1, 0.15) is 127 Å². The van der Waals surface area contributed by atoms with E-state index in [9.17, 15) is 15.3 Å². The second-order valence-electron chi connectivity index (χ2n) is 15.8. The zero-order valence-electron chi connectivity index (χ0n) is 31.9. The topological polar surface area (TPSA) is 135 Å². The van der Waals surface area contributed by atoms with Gasteiger partial charge in [0.25, 0.3) is 0 Å². The Balaban J connectivity index is 1.28. The Hall–Kier alpha value is -4.92. The summed E-state index contributed by atoms with van der Waals surface area (Å²) < 4.78 is 0. The molecule has 0 saturated heterocycles. The molecule has 0 amide bonds. The van der Waals surface area contributed by atoms with Crippen LogP contribution in [-0.2, 0) is 0 Å². The van der Waals surface area contributed by atoms with E-state index in [1.165, 1.54) is 0 Å². The minimum atomic E-state index is -0.0317. The van der Waals surface area contributed by atoms with Crippen molar-refractivity contribution >= 4 is 37.3 Å². The molecule has 9 heteroatoms. The molecule has 3 aliphatic carbocycles. The number of rotatable bonds is 0. The van der Waals surface area contributed by atoms with Gasteiger partial charge in [0.2, 0.25) is 0 Å². The maximum Gasteiger partial charge on any atom is 0.127 e. The van der Waals surface area contributed by atoms with E-state index in [4.69, 9.17) is 30.0 Å². The SMILES string of the molecule is Cc1cc2cc(c1O)C=N[C@@H]1CCCC[C@H]1N=Cc1cc(C)c(O)c(c1)C=N[C@@H]1CCCC[C@H]1N=Cc1cc(cc(C)c1O)C=N[C@@H]1CCCC[C@H]1N=C2. The second kappa shape index (κ2) is 17.0. The standard InChI is InChI=1S/C45H54N6O3/c1-28-16-31-19-34(43(28)52)25-49-40-13-7-6-12-39(40)48-24-33-18-30(3)45(54)36(21-33)27-51-42-15-9-8-14-41(42)50-26-35-20-32(17-29(2)44(35)53)23-47-38-11-5-4-10-37(38)46-22-31/h16-27,37-42,52-54H,4-15H2,1-3H3/t37-,38-,39-,40-,41-,42-/m1/s1. The molecule has 3 aromatic carbocycles. The van der Waals surface area contributed by atoms with Crippen molar-refractivity contribution in [2.24, 2.45) is 30.0 Å². The zero-order chi connectivity index (χ0) is 37.6. The van der Waals surface area contributed by atoms with Gasteiger partial charge < -0.3 is 15.3 Å². The van der Waals surface area contributed by atoms with Gasteiger partial charge in [-0.05, 0) is 129 Å². The third-order valence-electron chi connectivity index (χ3n) is 11.6. The molecule has 0 aromatic heterocycles. The van der Waals surface area contributed by atoms with Crippen LogP contribution in [0.2, 0.25) is 0 Å². The number of phenols is 3. The average molecular weight is 727 g/mol. The molecule has 282 valence electrons. The molecule has 4 aliphatic rings. The molecule has 54 heavy (non-hydrogen) atoms. The number of phenolic OH excluding ortho intramolecular Hbond substituents is 3. The molecular formula is C45H54N6O3. The van der Waals surface area contributed by atoms with E-state index in [1.807, 2.05) is 82.0 Å². The molecule has 3 aromatic rings. The second-order valence-corrected chi connectivity index (χ2v) is 15.8. The molecule has 0 radical (unpaired) electrons. The highest BCUT2D eigenvalue weighted by Gasteiger charge is 2.26. The molecule has 3 fully saturated rings. The molecule has 1 aliphatic heterocycles. The van der Waals surface area contributed by atoms with Crippen LogP contribution in [0.25, 0.3) is 0 Å². The number of nitrogens with zero attached hydrogens (tertiary/aromatic N) is 6. The van der Waals surface area contributed by atoms with E-state index in [-0.39, 0.29) is 53.5 Å². The first-order chi connectivity index (χ1) is 26.2. The monoisotopic (exact) mass is 726 g/mol. The summed E-state index contributed by atoms with van der Waals surface area (Å²) >= 11 is 0. The maximum atomic E-state index is 11.0. The van der Waals surface area contributed by atoms with Crippen LogP contribution in [0.15, 0.2) is 66.4 Å². The lowest BCUT2D eigenvalue weighted by molar-refractivity contribution is 0.390. The Morgan fingerprint density at radius 2 is 0.574 bits per heavy atom. The minimum Gasteiger partial charge on any atom is -0.507 e. The van der Waals surface area contributed by atoms with E-state index in [0.717, 1.165) is 110 Å². The van der Waals surface area contributed by atoms with Gasteiger partial charge in [0.15, 0.2) is 0 Å². The van der Waals surface area contributed by atoms with Crippen LogP contribution in [0, 0.1) is 20.8 Å². The normalized spacial score (nSPS) is 26.1. The highest BCUT2D eigenvalue weighted by atomic mass is 16.3. The first kappa shape index (κ1) is 37.4. The third kappa shape index (κ3) is 8.88.